The van der Waals surface area contributed by atoms with E-state index in [0.717, 1.165) is 20.9 Å². The molecule has 2 aromatic carbocycles. The summed E-state index contributed by atoms with van der Waals surface area (Å²) in [6.07, 6.45) is 5.08. The number of hydrogen-bond donors (Lipinski definition) is 0. The fourth-order valence-electron chi connectivity index (χ4n) is 2.27. The van der Waals surface area contributed by atoms with Gasteiger partial charge in [-0.25, -0.2) is 9.67 Å². The zero-order valence-electron chi connectivity index (χ0n) is 12.8. The molecule has 0 saturated heterocycles. The molecule has 0 bridgehead atoms. The van der Waals surface area contributed by atoms with Crippen molar-refractivity contribution >= 4 is 39.1 Å². The van der Waals surface area contributed by atoms with Crippen LogP contribution >= 0.6 is 11.3 Å². The van der Waals surface area contributed by atoms with Gasteiger partial charge in [0.25, 0.3) is 5.69 Å². The van der Waals surface area contributed by atoms with Crippen LogP contribution in [-0.2, 0) is 0 Å². The second-order valence-corrected chi connectivity index (χ2v) is 6.22. The van der Waals surface area contributed by atoms with E-state index in [1.54, 1.807) is 46.8 Å². The van der Waals surface area contributed by atoms with Gasteiger partial charge in [0.1, 0.15) is 5.69 Å². The van der Waals surface area contributed by atoms with Gasteiger partial charge in [-0.15, -0.1) is 0 Å². The van der Waals surface area contributed by atoms with E-state index in [4.69, 9.17) is 0 Å². The minimum Gasteiger partial charge on any atom is -0.258 e. The van der Waals surface area contributed by atoms with Crippen molar-refractivity contribution in [1.82, 2.24) is 14.8 Å². The highest BCUT2D eigenvalue weighted by Gasteiger charge is 2.07. The number of thiazole rings is 1. The van der Waals surface area contributed by atoms with Crippen LogP contribution in [0.5, 0.6) is 0 Å². The maximum absolute atomic E-state index is 10.6. The molecule has 0 aliphatic heterocycles. The summed E-state index contributed by atoms with van der Waals surface area (Å²) in [5.74, 6) is 0. The molecule has 0 N–H and O–H groups in total. The van der Waals surface area contributed by atoms with Gasteiger partial charge in [-0.1, -0.05) is 23.5 Å². The Morgan fingerprint density at radius 2 is 1.96 bits per heavy atom. The van der Waals surface area contributed by atoms with Crippen molar-refractivity contribution in [1.29, 1.82) is 0 Å². The number of aromatic nitrogens is 3. The smallest absolute Gasteiger partial charge is 0.258 e. The molecule has 7 nitrogen and oxygen atoms in total. The van der Waals surface area contributed by atoms with Crippen molar-refractivity contribution < 1.29 is 4.92 Å². The van der Waals surface area contributed by atoms with Crippen LogP contribution in [0.25, 0.3) is 15.3 Å². The van der Waals surface area contributed by atoms with Gasteiger partial charge in [-0.2, -0.15) is 5.10 Å². The predicted molar refractivity (Wildman–Crippen MR) is 97.1 cm³/mol. The van der Waals surface area contributed by atoms with Crippen molar-refractivity contribution in [3.05, 3.63) is 76.6 Å². The highest BCUT2D eigenvalue weighted by atomic mass is 32.1. The van der Waals surface area contributed by atoms with E-state index < -0.39 is 4.92 Å². The normalized spacial score (nSPS) is 11.4. The van der Waals surface area contributed by atoms with E-state index in [1.165, 1.54) is 12.1 Å². The summed E-state index contributed by atoms with van der Waals surface area (Å²) in [4.78, 5) is 19.1. The van der Waals surface area contributed by atoms with Gasteiger partial charge in [0.05, 0.1) is 27.5 Å². The average molecular weight is 349 g/mol. The first-order chi connectivity index (χ1) is 12.2. The number of non-ortho nitro benzene ring substituents is 1. The Morgan fingerprint density at radius 3 is 2.72 bits per heavy atom. The molecule has 0 aliphatic carbocycles. The molecule has 2 aromatic heterocycles. The van der Waals surface area contributed by atoms with E-state index in [-0.39, 0.29) is 5.69 Å². The maximum atomic E-state index is 10.6. The van der Waals surface area contributed by atoms with Crippen LogP contribution < -0.4 is 0 Å². The quantitative estimate of drug-likeness (QED) is 0.315. The number of nitrogens with zero attached hydrogens (tertiary/aromatic N) is 5. The minimum absolute atomic E-state index is 0.0563. The molecule has 0 aliphatic rings. The third-order valence-corrected chi connectivity index (χ3v) is 4.54. The number of aliphatic imine (C=N–C) groups is 1. The largest absolute Gasteiger partial charge is 0.269 e. The highest BCUT2D eigenvalue weighted by molar-refractivity contribution is 7.20. The van der Waals surface area contributed by atoms with Crippen molar-refractivity contribution in [3.8, 4) is 5.13 Å². The lowest BCUT2D eigenvalue weighted by Crippen LogP contribution is -1.91. The lowest BCUT2D eigenvalue weighted by atomic mass is 10.2. The molecule has 8 heteroatoms. The number of benzene rings is 2. The van der Waals surface area contributed by atoms with Crippen LogP contribution in [0.4, 0.5) is 11.4 Å². The number of fused-ring (bicyclic) bond motifs is 1. The van der Waals surface area contributed by atoms with Crippen LogP contribution in [0, 0.1) is 10.1 Å². The van der Waals surface area contributed by atoms with Crippen LogP contribution in [0.1, 0.15) is 5.56 Å². The minimum atomic E-state index is -0.428. The molecule has 4 rings (SSSR count). The third-order valence-electron chi connectivity index (χ3n) is 3.51. The molecule has 0 radical (unpaired) electrons. The standard InChI is InChI=1S/C17H11N5O2S/c23-22(24)14-7-5-12(6-8-14)9-18-13-10-19-21(11-13)17-20-15-3-1-2-4-16(15)25-17/h1-11H. The molecule has 0 atom stereocenters. The molecule has 0 amide bonds. The van der Waals surface area contributed by atoms with Gasteiger partial charge in [0.15, 0.2) is 0 Å². The Hall–Kier alpha value is -3.39. The van der Waals surface area contributed by atoms with Crippen molar-refractivity contribution in [2.45, 2.75) is 0 Å². The fraction of sp³-hybridized carbons (Fsp3) is 0. The summed E-state index contributed by atoms with van der Waals surface area (Å²) in [7, 11) is 0. The molecule has 2 heterocycles. The summed E-state index contributed by atoms with van der Waals surface area (Å²) in [5.41, 5.74) is 2.45. The van der Waals surface area contributed by atoms with Gasteiger partial charge in [-0.3, -0.25) is 15.1 Å². The number of para-hydroxylation sites is 1. The molecule has 0 spiro atoms. The number of nitro groups is 1. The molecule has 0 unspecified atom stereocenters. The van der Waals surface area contributed by atoms with Crippen molar-refractivity contribution in [2.24, 2.45) is 4.99 Å². The van der Waals surface area contributed by atoms with E-state index >= 15 is 0 Å². The summed E-state index contributed by atoms with van der Waals surface area (Å²) < 4.78 is 2.79. The van der Waals surface area contributed by atoms with Crippen molar-refractivity contribution in [3.63, 3.8) is 0 Å². The molecule has 25 heavy (non-hydrogen) atoms. The van der Waals surface area contributed by atoms with E-state index in [0.29, 0.717) is 5.69 Å². The lowest BCUT2D eigenvalue weighted by Gasteiger charge is -1.93. The van der Waals surface area contributed by atoms with Crippen LogP contribution in [-0.4, -0.2) is 25.9 Å². The summed E-state index contributed by atoms with van der Waals surface area (Å²) in [6, 6.07) is 14.1. The van der Waals surface area contributed by atoms with Gasteiger partial charge >= 0.3 is 0 Å². The van der Waals surface area contributed by atoms with E-state index in [2.05, 4.69) is 15.1 Å². The molecular formula is C17H11N5O2S. The molecule has 4 aromatic rings. The Balaban J connectivity index is 1.55. The molecular weight excluding hydrogens is 338 g/mol. The molecule has 122 valence electrons. The van der Waals surface area contributed by atoms with E-state index in [9.17, 15) is 10.1 Å². The summed E-state index contributed by atoms with van der Waals surface area (Å²) in [5, 5.41) is 15.7. The second kappa shape index (κ2) is 6.25. The van der Waals surface area contributed by atoms with Crippen molar-refractivity contribution in [2.75, 3.05) is 0 Å². The zero-order chi connectivity index (χ0) is 17.2. The summed E-state index contributed by atoms with van der Waals surface area (Å²) >= 11 is 1.56. The van der Waals surface area contributed by atoms with Crippen LogP contribution in [0.15, 0.2) is 65.9 Å². The zero-order valence-corrected chi connectivity index (χ0v) is 13.6. The monoisotopic (exact) mass is 349 g/mol. The van der Waals surface area contributed by atoms with Crippen LogP contribution in [0.3, 0.4) is 0 Å². The Bertz CT molecular complexity index is 1050. The number of nitro benzene ring substituents is 1. The Morgan fingerprint density at radius 1 is 1.16 bits per heavy atom. The average Bonchev–Trinajstić information content (AvgIpc) is 3.26. The Kier molecular flexibility index (Phi) is 3.79. The topological polar surface area (TPSA) is 86.2 Å². The highest BCUT2D eigenvalue weighted by Crippen LogP contribution is 2.25. The number of hydrogen-bond acceptors (Lipinski definition) is 6. The first-order valence-corrected chi connectivity index (χ1v) is 8.20. The molecule has 0 saturated carbocycles. The van der Waals surface area contributed by atoms with Gasteiger partial charge in [-0.05, 0) is 29.8 Å². The lowest BCUT2D eigenvalue weighted by molar-refractivity contribution is -0.384. The first-order valence-electron chi connectivity index (χ1n) is 7.38. The second-order valence-electron chi connectivity index (χ2n) is 5.21. The van der Waals surface area contributed by atoms with Gasteiger partial charge in [0, 0.05) is 18.3 Å². The summed E-state index contributed by atoms with van der Waals surface area (Å²) in [6.45, 7) is 0. The molecule has 0 fully saturated rings. The van der Waals surface area contributed by atoms with Crippen LogP contribution in [0.2, 0.25) is 0 Å². The fourth-order valence-corrected chi connectivity index (χ4v) is 3.17. The number of rotatable bonds is 4. The van der Waals surface area contributed by atoms with Gasteiger partial charge in [0.2, 0.25) is 5.13 Å². The third kappa shape index (κ3) is 3.15. The Labute approximate surface area is 146 Å². The van der Waals surface area contributed by atoms with Gasteiger partial charge < -0.3 is 0 Å². The predicted octanol–water partition coefficient (Wildman–Crippen LogP) is 4.14. The first kappa shape index (κ1) is 15.2. The maximum Gasteiger partial charge on any atom is 0.269 e. The SMILES string of the molecule is O=[N+]([O-])c1ccc(C=Nc2cnn(-c3nc4ccccc4s3)c2)cc1. The van der Waals surface area contributed by atoms with E-state index in [1.807, 2.05) is 24.3 Å².